The average molecular weight is 471 g/mol. The van der Waals surface area contributed by atoms with Gasteiger partial charge in [0.05, 0.1) is 11.4 Å². The summed E-state index contributed by atoms with van der Waals surface area (Å²) < 4.78 is 5.47. The molecule has 0 saturated heterocycles. The van der Waals surface area contributed by atoms with E-state index in [0.29, 0.717) is 11.4 Å². The molecule has 1 aliphatic heterocycles. The number of hydrogen-bond acceptors (Lipinski definition) is 6. The zero-order valence-corrected chi connectivity index (χ0v) is 20.0. The monoisotopic (exact) mass is 470 g/mol. The van der Waals surface area contributed by atoms with Crippen LogP contribution in [0, 0.1) is 5.41 Å². The molecule has 1 aliphatic rings. The number of hydrogen-bond donors (Lipinski definition) is 4. The van der Waals surface area contributed by atoms with Crippen LogP contribution in [0.15, 0.2) is 94.9 Å². The minimum absolute atomic E-state index is 0.144. The lowest BCUT2D eigenvalue weighted by atomic mass is 10.0. The lowest BCUT2D eigenvalue weighted by molar-refractivity contribution is -0.117. The number of carbonyl (C=O) groups excluding carboxylic acids is 1. The van der Waals surface area contributed by atoms with Gasteiger partial charge in [0.15, 0.2) is 0 Å². The number of benzodiazepines with no additional fused rings is 1. The molecule has 0 radical (unpaired) electrons. The molecule has 1 amide bonds. The van der Waals surface area contributed by atoms with Gasteiger partial charge in [-0.3, -0.25) is 10.2 Å². The fourth-order valence-corrected chi connectivity index (χ4v) is 3.57. The molecular formula is C27H30N6O2. The van der Waals surface area contributed by atoms with Crippen LogP contribution < -0.4 is 16.4 Å². The first-order valence-electron chi connectivity index (χ1n) is 11.4. The number of aliphatic imine (C=N–C) groups is 2. The summed E-state index contributed by atoms with van der Waals surface area (Å²) in [5, 5.41) is 14.2. The van der Waals surface area contributed by atoms with Crippen molar-refractivity contribution in [1.82, 2.24) is 5.32 Å². The predicted molar refractivity (Wildman–Crippen MR) is 141 cm³/mol. The van der Waals surface area contributed by atoms with Crippen LogP contribution in [-0.4, -0.2) is 36.8 Å². The first-order valence-corrected chi connectivity index (χ1v) is 11.4. The van der Waals surface area contributed by atoms with Crippen LogP contribution in [0.25, 0.3) is 0 Å². The lowest BCUT2D eigenvalue weighted by Gasteiger charge is -2.17. The Balaban J connectivity index is 0.00000167. The number of benzene rings is 3. The van der Waals surface area contributed by atoms with Gasteiger partial charge in [0.2, 0.25) is 12.1 Å². The van der Waals surface area contributed by atoms with E-state index in [1.807, 2.05) is 98.8 Å². The van der Waals surface area contributed by atoms with Crippen LogP contribution in [0.3, 0.4) is 0 Å². The van der Waals surface area contributed by atoms with E-state index in [2.05, 4.69) is 20.6 Å². The highest BCUT2D eigenvalue weighted by Gasteiger charge is 2.26. The molecule has 3 aromatic rings. The van der Waals surface area contributed by atoms with Gasteiger partial charge in [-0.25, -0.2) is 4.99 Å². The molecule has 0 aromatic heterocycles. The molecule has 3 aromatic carbocycles. The van der Waals surface area contributed by atoms with Gasteiger partial charge in [0.1, 0.15) is 6.04 Å². The van der Waals surface area contributed by atoms with Crippen molar-refractivity contribution in [3.63, 3.8) is 0 Å². The standard InChI is InChI=1S/C25H24N6O2.C2H6/c1-28-21(17-12-6-3-7-13-17)22(26)33-25(27)31-23-24(32)29-19-15-9-8-14-18(19)20(30-23)16-10-4-2-5-11-16;1-2/h2-15,21,23,26,28H,1H3,(H2,27,31)(H,29,32);1-2H3. The van der Waals surface area contributed by atoms with Crippen molar-refractivity contribution in [3.05, 3.63) is 102 Å². The molecule has 5 N–H and O–H groups in total. The number of amidine groups is 1. The van der Waals surface area contributed by atoms with Crippen LogP contribution in [0.5, 0.6) is 0 Å². The van der Waals surface area contributed by atoms with Gasteiger partial charge in [-0.05, 0) is 18.7 Å². The Morgan fingerprint density at radius 1 is 1.03 bits per heavy atom. The largest absolute Gasteiger partial charge is 0.410 e. The van der Waals surface area contributed by atoms with Gasteiger partial charge < -0.3 is 21.1 Å². The van der Waals surface area contributed by atoms with Gasteiger partial charge in [-0.15, -0.1) is 0 Å². The summed E-state index contributed by atoms with van der Waals surface area (Å²) in [7, 11) is 1.72. The van der Waals surface area contributed by atoms with Gasteiger partial charge in [0.25, 0.3) is 11.9 Å². The van der Waals surface area contributed by atoms with Crippen molar-refractivity contribution in [2.24, 2.45) is 15.7 Å². The number of ether oxygens (including phenoxy) is 1. The zero-order valence-electron chi connectivity index (χ0n) is 20.0. The Kier molecular flexibility index (Phi) is 8.86. The molecule has 8 nitrogen and oxygen atoms in total. The molecule has 0 saturated carbocycles. The highest BCUT2D eigenvalue weighted by atomic mass is 16.5. The quantitative estimate of drug-likeness (QED) is 0.331. The third kappa shape index (κ3) is 6.18. The molecule has 1 heterocycles. The summed E-state index contributed by atoms with van der Waals surface area (Å²) in [6, 6.07) is 25.5. The van der Waals surface area contributed by atoms with E-state index in [9.17, 15) is 4.79 Å². The number of carbonyl (C=O) groups is 1. The van der Waals surface area contributed by atoms with E-state index in [1.54, 1.807) is 7.05 Å². The Morgan fingerprint density at radius 3 is 2.29 bits per heavy atom. The average Bonchev–Trinajstić information content (AvgIpc) is 3.03. The number of amides is 1. The summed E-state index contributed by atoms with van der Waals surface area (Å²) in [5.74, 6) is -0.589. The second-order valence-corrected chi connectivity index (χ2v) is 7.32. The number of nitrogens with zero attached hydrogens (tertiary/aromatic N) is 2. The van der Waals surface area contributed by atoms with Gasteiger partial charge in [-0.2, -0.15) is 4.99 Å². The highest BCUT2D eigenvalue weighted by molar-refractivity contribution is 6.19. The molecule has 0 spiro atoms. The number of likely N-dealkylation sites (N-methyl/N-ethyl adjacent to an activating group) is 1. The predicted octanol–water partition coefficient (Wildman–Crippen LogP) is 4.10. The van der Waals surface area contributed by atoms with Crippen molar-refractivity contribution in [2.75, 3.05) is 12.4 Å². The Morgan fingerprint density at radius 2 is 1.63 bits per heavy atom. The molecule has 2 unspecified atom stereocenters. The first kappa shape index (κ1) is 25.3. The van der Waals surface area contributed by atoms with Gasteiger partial charge >= 0.3 is 0 Å². The van der Waals surface area contributed by atoms with Crippen LogP contribution in [0.1, 0.15) is 36.6 Å². The number of rotatable bonds is 5. The molecular weight excluding hydrogens is 440 g/mol. The van der Waals surface area contributed by atoms with Gasteiger partial charge in [0, 0.05) is 11.1 Å². The maximum atomic E-state index is 12.9. The normalized spacial score (nSPS) is 15.9. The van der Waals surface area contributed by atoms with Crippen LogP contribution in [0.4, 0.5) is 5.69 Å². The van der Waals surface area contributed by atoms with Crippen molar-refractivity contribution in [3.8, 4) is 0 Å². The van der Waals surface area contributed by atoms with Crippen LogP contribution >= 0.6 is 0 Å². The van der Waals surface area contributed by atoms with Crippen molar-refractivity contribution >= 4 is 29.2 Å². The SMILES string of the molecule is CC.CNC(C(=N)O/C(N)=N/C1N=C(c2ccccc2)c2ccccc2NC1=O)c1ccccc1. The zero-order chi connectivity index (χ0) is 25.2. The van der Waals surface area contributed by atoms with Crippen molar-refractivity contribution in [2.45, 2.75) is 26.1 Å². The number of nitrogens with one attached hydrogen (secondary N) is 3. The number of nitrogens with two attached hydrogens (primary N) is 1. The van der Waals surface area contributed by atoms with Crippen LogP contribution in [0.2, 0.25) is 0 Å². The van der Waals surface area contributed by atoms with Gasteiger partial charge in [-0.1, -0.05) is 92.7 Å². The smallest absolute Gasteiger partial charge is 0.291 e. The molecule has 0 fully saturated rings. The maximum absolute atomic E-state index is 12.9. The second-order valence-electron chi connectivity index (χ2n) is 7.32. The fraction of sp³-hybridized carbons (Fsp3) is 0.185. The van der Waals surface area contributed by atoms with Crippen LogP contribution in [-0.2, 0) is 9.53 Å². The number of para-hydroxylation sites is 1. The van der Waals surface area contributed by atoms with Crippen molar-refractivity contribution < 1.29 is 9.53 Å². The number of anilines is 1. The molecule has 4 rings (SSSR count). The summed E-state index contributed by atoms with van der Waals surface area (Å²) in [6.07, 6.45) is -1.18. The molecule has 180 valence electrons. The second kappa shape index (κ2) is 12.2. The highest BCUT2D eigenvalue weighted by Crippen LogP contribution is 2.24. The Hall–Kier alpha value is -4.30. The van der Waals surface area contributed by atoms with Crippen molar-refractivity contribution in [1.29, 1.82) is 5.41 Å². The molecule has 35 heavy (non-hydrogen) atoms. The molecule has 0 bridgehead atoms. The summed E-state index contributed by atoms with van der Waals surface area (Å²) >= 11 is 0. The summed E-state index contributed by atoms with van der Waals surface area (Å²) in [6.45, 7) is 4.00. The minimum atomic E-state index is -1.18. The first-order chi connectivity index (χ1) is 17.1. The van der Waals surface area contributed by atoms with E-state index < -0.39 is 18.1 Å². The van der Waals surface area contributed by atoms with E-state index >= 15 is 0 Å². The van der Waals surface area contributed by atoms with E-state index in [4.69, 9.17) is 15.9 Å². The molecule has 8 heteroatoms. The topological polar surface area (TPSA) is 125 Å². The minimum Gasteiger partial charge on any atom is -0.410 e. The van der Waals surface area contributed by atoms with E-state index in [0.717, 1.165) is 16.7 Å². The number of fused-ring (bicyclic) bond motifs is 1. The third-order valence-corrected chi connectivity index (χ3v) is 5.12. The van der Waals surface area contributed by atoms with E-state index in [1.165, 1.54) is 0 Å². The van der Waals surface area contributed by atoms with E-state index in [-0.39, 0.29) is 11.9 Å². The Labute approximate surface area is 205 Å². The summed E-state index contributed by atoms with van der Waals surface area (Å²) in [5.41, 5.74) is 9.69. The molecule has 0 aliphatic carbocycles. The maximum Gasteiger partial charge on any atom is 0.291 e. The molecule has 2 atom stereocenters. The summed E-state index contributed by atoms with van der Waals surface area (Å²) in [4.78, 5) is 21.7. The Bertz CT molecular complexity index is 1210. The lowest BCUT2D eigenvalue weighted by Crippen LogP contribution is -2.33. The third-order valence-electron chi connectivity index (χ3n) is 5.12. The fourth-order valence-electron chi connectivity index (χ4n) is 3.57.